The summed E-state index contributed by atoms with van der Waals surface area (Å²) < 4.78 is 64.3. The van der Waals surface area contributed by atoms with E-state index in [9.17, 15) is 21.4 Å². The summed E-state index contributed by atoms with van der Waals surface area (Å²) in [5, 5.41) is -0.0225. The molecule has 0 fully saturated rings. The van der Waals surface area contributed by atoms with Crippen molar-refractivity contribution in [1.29, 1.82) is 0 Å². The summed E-state index contributed by atoms with van der Waals surface area (Å²) in [7, 11) is -7.43. The van der Waals surface area contributed by atoms with Crippen molar-refractivity contribution in [2.45, 2.75) is 21.6 Å². The van der Waals surface area contributed by atoms with Crippen molar-refractivity contribution in [1.82, 2.24) is 4.57 Å². The molecule has 0 aliphatic heterocycles. The van der Waals surface area contributed by atoms with Crippen LogP contribution in [-0.2, 0) is 27.0 Å². The van der Waals surface area contributed by atoms with Gasteiger partial charge in [0.15, 0.2) is 0 Å². The maximum absolute atomic E-state index is 13.7. The first kappa shape index (κ1) is 22.3. The normalized spacial score (nSPS) is 12.4. The number of fused-ring (bicyclic) bond motifs is 1. The maximum atomic E-state index is 13.7. The number of hydrogen-bond acceptors (Lipinski definition) is 5. The molecule has 4 rings (SSSR count). The van der Waals surface area contributed by atoms with Crippen LogP contribution in [0.1, 0.15) is 5.56 Å². The minimum absolute atomic E-state index is 0.0592. The van der Waals surface area contributed by atoms with Crippen molar-refractivity contribution >= 4 is 48.1 Å². The number of aryl methyl sites for hydroxylation is 2. The molecule has 3 aromatic carbocycles. The van der Waals surface area contributed by atoms with Gasteiger partial charge in [-0.05, 0) is 42.3 Å². The van der Waals surface area contributed by atoms with Crippen LogP contribution in [0.5, 0.6) is 0 Å². The molecule has 0 amide bonds. The van der Waals surface area contributed by atoms with E-state index in [1.54, 1.807) is 61.0 Å². The molecule has 10 heteroatoms. The molecule has 32 heavy (non-hydrogen) atoms. The van der Waals surface area contributed by atoms with Crippen LogP contribution in [0.25, 0.3) is 22.2 Å². The highest BCUT2D eigenvalue weighted by Crippen LogP contribution is 2.42. The molecular weight excluding hydrogens is 472 g/mol. The average molecular weight is 491 g/mol. The quantitative estimate of drug-likeness (QED) is 0.322. The van der Waals surface area contributed by atoms with Gasteiger partial charge < -0.3 is 10.3 Å². The van der Waals surface area contributed by atoms with Crippen molar-refractivity contribution in [2.24, 2.45) is 7.05 Å². The Labute approximate surface area is 190 Å². The minimum atomic E-state index is -4.82. The van der Waals surface area contributed by atoms with Crippen LogP contribution < -0.4 is 5.73 Å². The molecule has 1 heterocycles. The number of nitrogens with zero attached hydrogens (tertiary/aromatic N) is 1. The molecule has 7 nitrogen and oxygen atoms in total. The van der Waals surface area contributed by atoms with Gasteiger partial charge in [0.25, 0.3) is 10.1 Å². The van der Waals surface area contributed by atoms with Gasteiger partial charge in [-0.1, -0.05) is 48.0 Å². The van der Waals surface area contributed by atoms with Gasteiger partial charge in [-0.15, -0.1) is 0 Å². The minimum Gasteiger partial charge on any atom is -0.398 e. The van der Waals surface area contributed by atoms with E-state index in [0.717, 1.165) is 0 Å². The molecule has 1 aromatic heterocycles. The van der Waals surface area contributed by atoms with E-state index >= 15 is 0 Å². The molecule has 0 aliphatic carbocycles. The summed E-state index contributed by atoms with van der Waals surface area (Å²) >= 11 is 6.05. The summed E-state index contributed by atoms with van der Waals surface area (Å²) in [4.78, 5) is -0.829. The van der Waals surface area contributed by atoms with Crippen LogP contribution >= 0.6 is 11.6 Å². The SMILES string of the molecule is Cc1ccc2c(c(S(=O)(=O)O)c(-c3ccccc3)n2C)c1S(=O)(=O)c1ccc(N)c(Cl)c1. The van der Waals surface area contributed by atoms with Gasteiger partial charge >= 0.3 is 0 Å². The highest BCUT2D eigenvalue weighted by Gasteiger charge is 2.33. The summed E-state index contributed by atoms with van der Waals surface area (Å²) in [5.74, 6) is 0. The Balaban J connectivity index is 2.21. The second-order valence-corrected chi connectivity index (χ2v) is 11.0. The molecule has 0 radical (unpaired) electrons. The third-order valence-corrected chi connectivity index (χ3v) is 8.51. The van der Waals surface area contributed by atoms with E-state index in [0.29, 0.717) is 16.6 Å². The zero-order valence-electron chi connectivity index (χ0n) is 17.1. The van der Waals surface area contributed by atoms with Crippen molar-refractivity contribution in [3.63, 3.8) is 0 Å². The van der Waals surface area contributed by atoms with Gasteiger partial charge in [0, 0.05) is 12.4 Å². The number of hydrogen-bond donors (Lipinski definition) is 2. The van der Waals surface area contributed by atoms with Gasteiger partial charge in [-0.2, -0.15) is 8.42 Å². The number of rotatable bonds is 4. The summed E-state index contributed by atoms with van der Waals surface area (Å²) in [6.45, 7) is 1.56. The molecule has 0 bridgehead atoms. The Bertz CT molecular complexity index is 1590. The van der Waals surface area contributed by atoms with Crippen molar-refractivity contribution < 1.29 is 21.4 Å². The topological polar surface area (TPSA) is 119 Å². The Morgan fingerprint density at radius 3 is 2.19 bits per heavy atom. The molecule has 0 atom stereocenters. The van der Waals surface area contributed by atoms with Gasteiger partial charge in [-0.25, -0.2) is 8.42 Å². The fourth-order valence-corrected chi connectivity index (χ4v) is 6.87. The summed E-state index contributed by atoms with van der Waals surface area (Å²) in [6.07, 6.45) is 0. The lowest BCUT2D eigenvalue weighted by Gasteiger charge is -2.12. The van der Waals surface area contributed by atoms with Crippen molar-refractivity contribution in [3.8, 4) is 11.3 Å². The summed E-state index contributed by atoms with van der Waals surface area (Å²) in [6, 6.07) is 15.7. The lowest BCUT2D eigenvalue weighted by Crippen LogP contribution is -2.08. The largest absolute Gasteiger partial charge is 0.398 e. The van der Waals surface area contributed by atoms with Gasteiger partial charge in [0.2, 0.25) is 9.84 Å². The third kappa shape index (κ3) is 3.47. The van der Waals surface area contributed by atoms with E-state index in [-0.39, 0.29) is 31.6 Å². The maximum Gasteiger partial charge on any atom is 0.297 e. The Morgan fingerprint density at radius 1 is 0.938 bits per heavy atom. The first-order valence-corrected chi connectivity index (χ1v) is 12.7. The lowest BCUT2D eigenvalue weighted by atomic mass is 10.1. The lowest BCUT2D eigenvalue weighted by molar-refractivity contribution is 0.484. The Hall–Kier alpha value is -2.85. The third-order valence-electron chi connectivity index (χ3n) is 5.33. The second kappa shape index (κ2) is 7.63. The Kier molecular flexibility index (Phi) is 5.33. The van der Waals surface area contributed by atoms with Crippen LogP contribution in [0.3, 0.4) is 0 Å². The fourth-order valence-electron chi connectivity index (χ4n) is 3.88. The number of nitrogens with two attached hydrogens (primary N) is 1. The molecule has 4 aromatic rings. The van der Waals surface area contributed by atoms with Gasteiger partial charge in [-0.3, -0.25) is 4.55 Å². The van der Waals surface area contributed by atoms with E-state index in [2.05, 4.69) is 0 Å². The van der Waals surface area contributed by atoms with E-state index < -0.39 is 24.9 Å². The van der Waals surface area contributed by atoms with Crippen LogP contribution in [0.15, 0.2) is 75.4 Å². The first-order chi connectivity index (χ1) is 14.9. The van der Waals surface area contributed by atoms with E-state index in [1.165, 1.54) is 18.2 Å². The molecule has 0 saturated carbocycles. The zero-order chi connectivity index (χ0) is 23.4. The molecule has 166 valence electrons. The highest BCUT2D eigenvalue weighted by atomic mass is 35.5. The van der Waals surface area contributed by atoms with Crippen molar-refractivity contribution in [2.75, 3.05) is 5.73 Å². The smallest absolute Gasteiger partial charge is 0.297 e. The highest BCUT2D eigenvalue weighted by molar-refractivity contribution is 7.92. The van der Waals surface area contributed by atoms with E-state index in [1.807, 2.05) is 0 Å². The molecule has 0 saturated heterocycles. The van der Waals surface area contributed by atoms with Crippen LogP contribution in [0, 0.1) is 6.92 Å². The standard InChI is InChI=1S/C22H19ClN2O5S2/c1-13-8-11-18-19(21(13)31(26,27)15-9-10-17(24)16(23)12-15)22(32(28,29)30)20(25(18)2)14-6-4-3-5-7-14/h3-12H,24H2,1-2H3,(H,28,29,30). The zero-order valence-corrected chi connectivity index (χ0v) is 19.5. The van der Waals surface area contributed by atoms with Crippen molar-refractivity contribution in [3.05, 3.63) is 71.2 Å². The Morgan fingerprint density at radius 2 is 1.59 bits per heavy atom. The summed E-state index contributed by atoms with van der Waals surface area (Å²) in [5.41, 5.74) is 7.28. The number of aromatic nitrogens is 1. The number of sulfone groups is 1. The number of halogens is 1. The average Bonchev–Trinajstić information content (AvgIpc) is 3.02. The number of anilines is 1. The van der Waals surface area contributed by atoms with Crippen LogP contribution in [-0.4, -0.2) is 26.0 Å². The monoisotopic (exact) mass is 490 g/mol. The molecule has 0 spiro atoms. The molecule has 3 N–H and O–H groups in total. The first-order valence-electron chi connectivity index (χ1n) is 9.39. The second-order valence-electron chi connectivity index (χ2n) is 7.37. The predicted molar refractivity (Wildman–Crippen MR) is 124 cm³/mol. The van der Waals surface area contributed by atoms with Crippen LogP contribution in [0.2, 0.25) is 5.02 Å². The number of nitrogen functional groups attached to an aromatic ring is 1. The molecule has 0 unspecified atom stereocenters. The predicted octanol–water partition coefficient (Wildman–Crippen LogP) is 4.47. The van der Waals surface area contributed by atoms with Gasteiger partial charge in [0.1, 0.15) is 4.90 Å². The van der Waals surface area contributed by atoms with E-state index in [4.69, 9.17) is 17.3 Å². The number of benzene rings is 3. The fraction of sp³-hybridized carbons (Fsp3) is 0.0909. The molecule has 0 aliphatic rings. The molecular formula is C22H19ClN2O5S2. The van der Waals surface area contributed by atoms with Crippen LogP contribution in [0.4, 0.5) is 5.69 Å². The van der Waals surface area contributed by atoms with Gasteiger partial charge in [0.05, 0.1) is 31.7 Å².